The molecule has 0 radical (unpaired) electrons. The second-order valence-electron chi connectivity index (χ2n) is 8.33. The van der Waals surface area contributed by atoms with Gasteiger partial charge in [0.2, 0.25) is 0 Å². The van der Waals surface area contributed by atoms with Gasteiger partial charge in [-0.25, -0.2) is 0 Å². The molecule has 2 saturated carbocycles. The monoisotopic (exact) mass is 322 g/mol. The average molecular weight is 322 g/mol. The summed E-state index contributed by atoms with van der Waals surface area (Å²) in [5.41, 5.74) is 0.167. The molecule has 0 aromatic rings. The zero-order valence-electron chi connectivity index (χ0n) is 13.9. The van der Waals surface area contributed by atoms with Crippen molar-refractivity contribution in [2.24, 2.45) is 22.7 Å². The molecule has 6 heteroatoms. The molecule has 0 amide bonds. The van der Waals surface area contributed by atoms with Crippen LogP contribution in [0.25, 0.3) is 0 Å². The highest BCUT2D eigenvalue weighted by molar-refractivity contribution is 5.77. The van der Waals surface area contributed by atoms with Crippen molar-refractivity contribution in [3.63, 3.8) is 0 Å². The first-order valence-corrected chi connectivity index (χ1v) is 8.73. The van der Waals surface area contributed by atoms with E-state index in [2.05, 4.69) is 24.5 Å². The zero-order valence-corrected chi connectivity index (χ0v) is 13.9. The molecule has 23 heavy (non-hydrogen) atoms. The Balaban J connectivity index is 1.13. The van der Waals surface area contributed by atoms with Crippen LogP contribution < -0.4 is 10.6 Å². The fraction of sp³-hybridized carbons (Fsp3) is 0.882. The van der Waals surface area contributed by atoms with Gasteiger partial charge in [-0.2, -0.15) is 0 Å². The number of carbonyl (C=O) groups excluding carboxylic acids is 2. The molecular weight excluding hydrogens is 296 g/mol. The SMILES string of the molecule is C[C@@]12CNC(C1)[C@@H]2C(=O)OCCCOC(=O)[C@H]1[C@@H]2C[C@@]1(C)CN2. The normalized spacial score (nSPS) is 46.0. The molecule has 4 bridgehead atoms. The maximum atomic E-state index is 12.1. The highest BCUT2D eigenvalue weighted by Crippen LogP contribution is 2.52. The van der Waals surface area contributed by atoms with E-state index in [1.54, 1.807) is 0 Å². The molecule has 6 atom stereocenters. The largest absolute Gasteiger partial charge is 0.465 e. The Kier molecular flexibility index (Phi) is 3.47. The number of ether oxygens (including phenoxy) is 2. The number of esters is 2. The minimum absolute atomic E-state index is 0.00155. The van der Waals surface area contributed by atoms with Gasteiger partial charge in [0, 0.05) is 31.6 Å². The van der Waals surface area contributed by atoms with Gasteiger partial charge in [-0.05, 0) is 23.7 Å². The quantitative estimate of drug-likeness (QED) is 0.546. The molecule has 4 aliphatic heterocycles. The molecule has 0 aromatic heterocycles. The molecule has 1 unspecified atom stereocenters. The summed E-state index contributed by atoms with van der Waals surface area (Å²) >= 11 is 0. The van der Waals surface area contributed by atoms with E-state index in [0.29, 0.717) is 31.7 Å². The molecule has 0 aromatic carbocycles. The van der Waals surface area contributed by atoms with E-state index in [9.17, 15) is 9.59 Å². The van der Waals surface area contributed by atoms with Gasteiger partial charge in [-0.1, -0.05) is 13.8 Å². The number of rotatable bonds is 6. The third kappa shape index (κ3) is 2.30. The molecule has 2 aliphatic carbocycles. The standard InChI is InChI=1S/C17H26N2O4/c1-16-6-10(18-8-16)12(16)14(20)22-4-3-5-23-15(21)13-11-7-17(13,2)9-19-11/h10-13,18-19H,3-9H2,1-2H3/t10-,11?,12+,13+,16-,17-/m0/s1. The van der Waals surface area contributed by atoms with Crippen molar-refractivity contribution in [3.8, 4) is 0 Å². The Morgan fingerprint density at radius 1 is 0.913 bits per heavy atom. The fourth-order valence-electron chi connectivity index (χ4n) is 5.10. The Morgan fingerprint density at radius 3 is 1.65 bits per heavy atom. The van der Waals surface area contributed by atoms with Crippen LogP contribution in [-0.2, 0) is 19.1 Å². The number of nitrogens with one attached hydrogen (secondary N) is 2. The van der Waals surface area contributed by atoms with Crippen LogP contribution in [0.4, 0.5) is 0 Å². The Morgan fingerprint density at radius 2 is 1.35 bits per heavy atom. The van der Waals surface area contributed by atoms with E-state index >= 15 is 0 Å². The predicted molar refractivity (Wildman–Crippen MR) is 82.5 cm³/mol. The van der Waals surface area contributed by atoms with E-state index < -0.39 is 0 Å². The summed E-state index contributed by atoms with van der Waals surface area (Å²) < 4.78 is 10.7. The second kappa shape index (κ2) is 5.18. The first-order chi connectivity index (χ1) is 10.9. The van der Waals surface area contributed by atoms with Gasteiger partial charge in [-0.3, -0.25) is 9.59 Å². The topological polar surface area (TPSA) is 76.7 Å². The van der Waals surface area contributed by atoms with Crippen LogP contribution in [0.5, 0.6) is 0 Å². The molecule has 6 fully saturated rings. The van der Waals surface area contributed by atoms with Gasteiger partial charge >= 0.3 is 11.9 Å². The number of hydrogen-bond donors (Lipinski definition) is 2. The molecule has 128 valence electrons. The Hall–Kier alpha value is -1.14. The maximum absolute atomic E-state index is 12.1. The summed E-state index contributed by atoms with van der Waals surface area (Å²) in [4.78, 5) is 24.2. The maximum Gasteiger partial charge on any atom is 0.311 e. The number of fused-ring (bicyclic) bond motifs is 2. The highest BCUT2D eigenvalue weighted by Gasteiger charge is 2.61. The van der Waals surface area contributed by atoms with E-state index in [1.807, 2.05) is 0 Å². The third-order valence-electron chi connectivity index (χ3n) is 6.50. The van der Waals surface area contributed by atoms with Crippen LogP contribution in [0.3, 0.4) is 0 Å². The molecule has 4 heterocycles. The first kappa shape index (κ1) is 15.4. The number of hydrogen-bond acceptors (Lipinski definition) is 6. The van der Waals surface area contributed by atoms with Crippen LogP contribution >= 0.6 is 0 Å². The van der Waals surface area contributed by atoms with Crippen molar-refractivity contribution in [1.29, 1.82) is 0 Å². The minimum atomic E-state index is -0.103. The second-order valence-corrected chi connectivity index (χ2v) is 8.33. The third-order valence-corrected chi connectivity index (χ3v) is 6.50. The summed E-state index contributed by atoms with van der Waals surface area (Å²) in [5.74, 6) is -0.203. The average Bonchev–Trinajstić information content (AvgIpc) is 3.17. The lowest BCUT2D eigenvalue weighted by Gasteiger charge is -2.41. The zero-order chi connectivity index (χ0) is 16.2. The van der Waals surface area contributed by atoms with Crippen molar-refractivity contribution in [3.05, 3.63) is 0 Å². The van der Waals surface area contributed by atoms with E-state index in [1.165, 1.54) is 0 Å². The summed E-state index contributed by atoms with van der Waals surface area (Å²) in [6.45, 7) is 6.75. The smallest absolute Gasteiger partial charge is 0.311 e. The van der Waals surface area contributed by atoms with Crippen LogP contribution in [0.15, 0.2) is 0 Å². The van der Waals surface area contributed by atoms with E-state index in [4.69, 9.17) is 9.47 Å². The van der Waals surface area contributed by atoms with Crippen LogP contribution in [0.2, 0.25) is 0 Å². The molecule has 6 aliphatic rings. The summed E-state index contributed by atoms with van der Waals surface area (Å²) in [5, 5.41) is 6.70. The Bertz CT molecular complexity index is 485. The fourth-order valence-corrected chi connectivity index (χ4v) is 5.10. The van der Waals surface area contributed by atoms with Crippen molar-refractivity contribution in [2.75, 3.05) is 26.3 Å². The molecule has 4 saturated heterocycles. The van der Waals surface area contributed by atoms with Crippen LogP contribution in [-0.4, -0.2) is 50.3 Å². The van der Waals surface area contributed by atoms with Gasteiger partial charge in [0.05, 0.1) is 25.0 Å². The van der Waals surface area contributed by atoms with Gasteiger partial charge in [0.15, 0.2) is 0 Å². The lowest BCUT2D eigenvalue weighted by molar-refractivity contribution is -0.160. The molecule has 6 rings (SSSR count). The van der Waals surface area contributed by atoms with Crippen molar-refractivity contribution >= 4 is 11.9 Å². The van der Waals surface area contributed by atoms with E-state index in [0.717, 1.165) is 25.9 Å². The predicted octanol–water partition coefficient (Wildman–Crippen LogP) is 0.459. The lowest BCUT2D eigenvalue weighted by atomic mass is 9.62. The van der Waals surface area contributed by atoms with Gasteiger partial charge in [-0.15, -0.1) is 0 Å². The summed E-state index contributed by atoms with van der Waals surface area (Å²) in [6, 6.07) is 0.598. The minimum Gasteiger partial charge on any atom is -0.465 e. The molecule has 6 nitrogen and oxygen atoms in total. The van der Waals surface area contributed by atoms with Gasteiger partial charge in [0.25, 0.3) is 0 Å². The van der Waals surface area contributed by atoms with Gasteiger partial charge < -0.3 is 20.1 Å². The number of carbonyl (C=O) groups is 2. The molecule has 2 N–H and O–H groups in total. The van der Waals surface area contributed by atoms with Crippen molar-refractivity contribution in [2.45, 2.75) is 45.2 Å². The first-order valence-electron chi connectivity index (χ1n) is 8.73. The highest BCUT2D eigenvalue weighted by atomic mass is 16.5. The van der Waals surface area contributed by atoms with E-state index in [-0.39, 0.29) is 34.6 Å². The van der Waals surface area contributed by atoms with Crippen molar-refractivity contribution in [1.82, 2.24) is 10.6 Å². The lowest BCUT2D eigenvalue weighted by Crippen LogP contribution is -2.49. The van der Waals surface area contributed by atoms with Crippen molar-refractivity contribution < 1.29 is 19.1 Å². The van der Waals surface area contributed by atoms with Crippen LogP contribution in [0, 0.1) is 22.7 Å². The summed E-state index contributed by atoms with van der Waals surface area (Å²) in [6.07, 6.45) is 2.71. The Labute approximate surface area is 136 Å². The molecular formula is C17H26N2O4. The molecule has 0 spiro atoms. The summed E-state index contributed by atoms with van der Waals surface area (Å²) in [7, 11) is 0. The van der Waals surface area contributed by atoms with Crippen LogP contribution in [0.1, 0.15) is 33.1 Å². The van der Waals surface area contributed by atoms with Gasteiger partial charge in [0.1, 0.15) is 0 Å².